The number of benzene rings is 1. The van der Waals surface area contributed by atoms with Gasteiger partial charge >= 0.3 is 6.09 Å². The highest BCUT2D eigenvalue weighted by molar-refractivity contribution is 6.33. The number of hydrogen-bond donors (Lipinski definition) is 2. The van der Waals surface area contributed by atoms with Crippen molar-refractivity contribution in [1.29, 1.82) is 0 Å². The van der Waals surface area contributed by atoms with E-state index in [1.165, 1.54) is 18.2 Å². The number of nitro benzene ring substituents is 1. The first-order chi connectivity index (χ1) is 10.1. The number of nitrogens with one attached hydrogen (secondary N) is 2. The molecule has 0 aliphatic rings. The molecule has 0 aliphatic carbocycles. The van der Waals surface area contributed by atoms with Crippen molar-refractivity contribution in [3.05, 3.63) is 33.3 Å². The Morgan fingerprint density at radius 3 is 2.59 bits per heavy atom. The van der Waals surface area contributed by atoms with Gasteiger partial charge in [-0.05, 0) is 33.8 Å². The zero-order valence-electron chi connectivity index (χ0n) is 13.0. The van der Waals surface area contributed by atoms with Gasteiger partial charge in [-0.2, -0.15) is 0 Å². The molecule has 1 aromatic rings. The lowest BCUT2D eigenvalue weighted by Crippen LogP contribution is -2.38. The topological polar surface area (TPSA) is 93.5 Å². The van der Waals surface area contributed by atoms with Gasteiger partial charge in [0.2, 0.25) is 0 Å². The fourth-order valence-electron chi connectivity index (χ4n) is 1.60. The number of non-ortho nitro benzene ring substituents is 1. The van der Waals surface area contributed by atoms with Crippen LogP contribution in [0.2, 0.25) is 5.02 Å². The maximum atomic E-state index is 11.5. The summed E-state index contributed by atoms with van der Waals surface area (Å²) < 4.78 is 5.13. The zero-order valence-corrected chi connectivity index (χ0v) is 13.7. The Morgan fingerprint density at radius 1 is 1.45 bits per heavy atom. The second-order valence-electron chi connectivity index (χ2n) is 5.85. The first-order valence-corrected chi connectivity index (χ1v) is 7.13. The monoisotopic (exact) mass is 329 g/mol. The van der Waals surface area contributed by atoms with Gasteiger partial charge in [0.25, 0.3) is 5.69 Å². The van der Waals surface area contributed by atoms with Crippen LogP contribution in [0, 0.1) is 10.1 Å². The lowest BCUT2D eigenvalue weighted by Gasteiger charge is -2.21. The van der Waals surface area contributed by atoms with Gasteiger partial charge in [0.15, 0.2) is 0 Å². The van der Waals surface area contributed by atoms with Crippen LogP contribution in [-0.4, -0.2) is 29.2 Å². The lowest BCUT2D eigenvalue weighted by atomic mass is 10.2. The molecule has 1 unspecified atom stereocenters. The van der Waals surface area contributed by atoms with E-state index in [4.69, 9.17) is 16.3 Å². The normalized spacial score (nSPS) is 12.4. The number of carbonyl (C=O) groups excluding carboxylic acids is 1. The second-order valence-corrected chi connectivity index (χ2v) is 6.26. The Hall–Kier alpha value is -2.02. The number of halogens is 1. The lowest BCUT2D eigenvalue weighted by molar-refractivity contribution is -0.384. The van der Waals surface area contributed by atoms with Crippen molar-refractivity contribution in [3.63, 3.8) is 0 Å². The van der Waals surface area contributed by atoms with Crippen LogP contribution < -0.4 is 10.6 Å². The third-order valence-electron chi connectivity index (χ3n) is 2.52. The van der Waals surface area contributed by atoms with E-state index < -0.39 is 16.6 Å². The van der Waals surface area contributed by atoms with Crippen molar-refractivity contribution < 1.29 is 14.5 Å². The van der Waals surface area contributed by atoms with Crippen molar-refractivity contribution in [1.82, 2.24) is 5.32 Å². The summed E-state index contributed by atoms with van der Waals surface area (Å²) in [5, 5.41) is 16.6. The first-order valence-electron chi connectivity index (χ1n) is 6.76. The quantitative estimate of drug-likeness (QED) is 0.636. The Morgan fingerprint density at radius 2 is 2.09 bits per heavy atom. The fraction of sp³-hybridized carbons (Fsp3) is 0.500. The molecular formula is C14H20ClN3O4. The van der Waals surface area contributed by atoms with Gasteiger partial charge in [-0.15, -0.1) is 0 Å². The first kappa shape index (κ1) is 18.0. The number of alkyl carbamates (subject to hydrolysis) is 1. The number of anilines is 1. The van der Waals surface area contributed by atoms with Gasteiger partial charge in [0.05, 0.1) is 15.6 Å². The standard InChI is InChI=1S/C14H20ClN3O4/c1-9(8-16-13(19)22-14(2,3)4)17-12-6-5-10(18(20)21)7-11(12)15/h5-7,9,17H,8H2,1-4H3,(H,16,19). The summed E-state index contributed by atoms with van der Waals surface area (Å²) in [6.07, 6.45) is -0.504. The van der Waals surface area contributed by atoms with E-state index in [2.05, 4.69) is 10.6 Å². The van der Waals surface area contributed by atoms with E-state index in [1.807, 2.05) is 6.92 Å². The van der Waals surface area contributed by atoms with Crippen LogP contribution in [0.1, 0.15) is 27.7 Å². The highest BCUT2D eigenvalue weighted by Crippen LogP contribution is 2.27. The van der Waals surface area contributed by atoms with Crippen molar-refractivity contribution in [2.24, 2.45) is 0 Å². The minimum atomic E-state index is -0.553. The SMILES string of the molecule is CC(CNC(=O)OC(C)(C)C)Nc1ccc([N+](=O)[O-])cc1Cl. The fourth-order valence-corrected chi connectivity index (χ4v) is 1.83. The average Bonchev–Trinajstić information content (AvgIpc) is 2.36. The summed E-state index contributed by atoms with van der Waals surface area (Å²) >= 11 is 5.99. The largest absolute Gasteiger partial charge is 0.444 e. The highest BCUT2D eigenvalue weighted by Gasteiger charge is 2.17. The number of amides is 1. The van der Waals surface area contributed by atoms with E-state index in [1.54, 1.807) is 20.8 Å². The van der Waals surface area contributed by atoms with Crippen LogP contribution in [0.5, 0.6) is 0 Å². The number of nitrogens with zero attached hydrogens (tertiary/aromatic N) is 1. The minimum absolute atomic E-state index is 0.0740. The Balaban J connectivity index is 2.53. The average molecular weight is 330 g/mol. The molecule has 0 saturated carbocycles. The van der Waals surface area contributed by atoms with Crippen molar-refractivity contribution in [2.45, 2.75) is 39.3 Å². The van der Waals surface area contributed by atoms with E-state index in [0.29, 0.717) is 12.2 Å². The number of nitro groups is 1. The maximum Gasteiger partial charge on any atom is 0.407 e. The molecule has 0 fully saturated rings. The molecule has 7 nitrogen and oxygen atoms in total. The molecule has 22 heavy (non-hydrogen) atoms. The Labute approximate surface area is 134 Å². The number of hydrogen-bond acceptors (Lipinski definition) is 5. The van der Waals surface area contributed by atoms with Crippen LogP contribution >= 0.6 is 11.6 Å². The smallest absolute Gasteiger partial charge is 0.407 e. The molecule has 1 atom stereocenters. The third-order valence-corrected chi connectivity index (χ3v) is 2.83. The van der Waals surface area contributed by atoms with Crippen LogP contribution in [0.3, 0.4) is 0 Å². The molecule has 0 bridgehead atoms. The number of carbonyl (C=O) groups is 1. The summed E-state index contributed by atoms with van der Waals surface area (Å²) in [7, 11) is 0. The van der Waals surface area contributed by atoms with Gasteiger partial charge in [-0.1, -0.05) is 11.6 Å². The van der Waals surface area contributed by atoms with E-state index in [9.17, 15) is 14.9 Å². The molecule has 0 saturated heterocycles. The summed E-state index contributed by atoms with van der Waals surface area (Å²) in [5.74, 6) is 0. The van der Waals surface area contributed by atoms with Gasteiger partial charge in [-0.25, -0.2) is 4.79 Å². The molecule has 1 aromatic carbocycles. The predicted octanol–water partition coefficient (Wildman–Crippen LogP) is 3.57. The molecule has 1 rings (SSSR count). The minimum Gasteiger partial charge on any atom is -0.444 e. The van der Waals surface area contributed by atoms with Crippen LogP contribution in [0.4, 0.5) is 16.2 Å². The van der Waals surface area contributed by atoms with Gasteiger partial charge in [0, 0.05) is 24.7 Å². The molecule has 1 amide bonds. The Kier molecular flexibility index (Phi) is 5.99. The molecule has 0 spiro atoms. The molecule has 0 aliphatic heterocycles. The second kappa shape index (κ2) is 7.31. The van der Waals surface area contributed by atoms with Crippen molar-refractivity contribution in [2.75, 3.05) is 11.9 Å². The third kappa shape index (κ3) is 6.17. The maximum absolute atomic E-state index is 11.5. The Bertz CT molecular complexity index is 558. The molecule has 0 aromatic heterocycles. The van der Waals surface area contributed by atoms with Crippen LogP contribution in [-0.2, 0) is 4.74 Å². The highest BCUT2D eigenvalue weighted by atomic mass is 35.5. The molecule has 8 heteroatoms. The van der Waals surface area contributed by atoms with Gasteiger partial charge < -0.3 is 15.4 Å². The predicted molar refractivity (Wildman–Crippen MR) is 85.4 cm³/mol. The molecule has 2 N–H and O–H groups in total. The van der Waals surface area contributed by atoms with Crippen LogP contribution in [0.15, 0.2) is 18.2 Å². The molecule has 0 radical (unpaired) electrons. The van der Waals surface area contributed by atoms with Crippen molar-refractivity contribution in [3.8, 4) is 0 Å². The molecule has 0 heterocycles. The molecule has 122 valence electrons. The molecular weight excluding hydrogens is 310 g/mol. The number of ether oxygens (including phenoxy) is 1. The summed E-state index contributed by atoms with van der Waals surface area (Å²) in [4.78, 5) is 21.7. The van der Waals surface area contributed by atoms with E-state index >= 15 is 0 Å². The van der Waals surface area contributed by atoms with Crippen LogP contribution in [0.25, 0.3) is 0 Å². The van der Waals surface area contributed by atoms with E-state index in [-0.39, 0.29) is 16.8 Å². The zero-order chi connectivity index (χ0) is 16.9. The summed E-state index contributed by atoms with van der Waals surface area (Å²) in [5.41, 5.74) is -0.0663. The summed E-state index contributed by atoms with van der Waals surface area (Å²) in [6.45, 7) is 7.51. The summed E-state index contributed by atoms with van der Waals surface area (Å²) in [6, 6.07) is 4.04. The van der Waals surface area contributed by atoms with Crippen molar-refractivity contribution >= 4 is 29.1 Å². The number of rotatable bonds is 5. The van der Waals surface area contributed by atoms with E-state index in [0.717, 1.165) is 0 Å². The van der Waals surface area contributed by atoms with Gasteiger partial charge in [-0.3, -0.25) is 10.1 Å². The van der Waals surface area contributed by atoms with Gasteiger partial charge in [0.1, 0.15) is 5.60 Å².